The summed E-state index contributed by atoms with van der Waals surface area (Å²) in [4.78, 5) is 2.52. The lowest BCUT2D eigenvalue weighted by Gasteiger charge is -2.37. The van der Waals surface area contributed by atoms with E-state index in [4.69, 9.17) is 0 Å². The molecule has 0 saturated carbocycles. The predicted molar refractivity (Wildman–Crippen MR) is 83.3 cm³/mol. The van der Waals surface area contributed by atoms with Gasteiger partial charge in [-0.15, -0.1) is 0 Å². The minimum absolute atomic E-state index is 0.417. The summed E-state index contributed by atoms with van der Waals surface area (Å²) in [5, 5.41) is 12.7. The molecule has 1 N–H and O–H groups in total. The zero-order chi connectivity index (χ0) is 14.4. The Morgan fingerprint density at radius 3 is 2.75 bits per heavy atom. The van der Waals surface area contributed by atoms with E-state index in [1.807, 2.05) is 0 Å². The number of rotatable bonds is 5. The topological polar surface area (TPSA) is 35.8 Å². The molecule has 0 bridgehead atoms. The highest BCUT2D eigenvalue weighted by molar-refractivity contribution is 5.87. The fraction of sp³-hybridized carbons (Fsp3) is 0.588. The Morgan fingerprint density at radius 2 is 2.10 bits per heavy atom. The van der Waals surface area contributed by atoms with Crippen LogP contribution in [0.1, 0.15) is 51.1 Å². The molecule has 1 aliphatic heterocycles. The summed E-state index contributed by atoms with van der Waals surface area (Å²) in [7, 11) is 0. The van der Waals surface area contributed by atoms with Crippen LogP contribution in [0.3, 0.4) is 0 Å². The van der Waals surface area contributed by atoms with Crippen LogP contribution in [0.4, 0.5) is 0 Å². The summed E-state index contributed by atoms with van der Waals surface area (Å²) in [6.45, 7) is 6.48. The van der Waals surface area contributed by atoms with Crippen molar-refractivity contribution in [2.24, 2.45) is 11.1 Å². The van der Waals surface area contributed by atoms with E-state index >= 15 is 0 Å². The minimum Gasteiger partial charge on any atom is -0.411 e. The van der Waals surface area contributed by atoms with E-state index in [2.05, 4.69) is 54.2 Å². The number of hydrogen-bond acceptors (Lipinski definition) is 3. The first-order chi connectivity index (χ1) is 9.76. The van der Waals surface area contributed by atoms with Gasteiger partial charge in [-0.25, -0.2) is 0 Å². The van der Waals surface area contributed by atoms with Gasteiger partial charge in [0.25, 0.3) is 0 Å². The normalized spacial score (nSPS) is 23.9. The van der Waals surface area contributed by atoms with Crippen molar-refractivity contribution in [2.75, 3.05) is 13.1 Å². The molecule has 110 valence electrons. The van der Waals surface area contributed by atoms with Crippen LogP contribution >= 0.6 is 0 Å². The van der Waals surface area contributed by atoms with Crippen LogP contribution in [0.2, 0.25) is 0 Å². The summed E-state index contributed by atoms with van der Waals surface area (Å²) in [5.41, 5.74) is 2.36. The fourth-order valence-corrected chi connectivity index (χ4v) is 3.08. The second kappa shape index (κ2) is 7.44. The highest BCUT2D eigenvalue weighted by Gasteiger charge is 2.28. The van der Waals surface area contributed by atoms with E-state index in [0.29, 0.717) is 12.0 Å². The van der Waals surface area contributed by atoms with Gasteiger partial charge in [0.15, 0.2) is 0 Å². The molecular formula is C17H26N2O. The lowest BCUT2D eigenvalue weighted by Crippen LogP contribution is -2.42. The first-order valence-corrected chi connectivity index (χ1v) is 7.76. The molecule has 1 fully saturated rings. The zero-order valence-electron chi connectivity index (χ0n) is 12.6. The maximum absolute atomic E-state index is 9.17. The molecule has 1 heterocycles. The van der Waals surface area contributed by atoms with Crippen molar-refractivity contribution in [1.29, 1.82) is 0 Å². The van der Waals surface area contributed by atoms with E-state index in [-0.39, 0.29) is 0 Å². The molecule has 1 saturated heterocycles. The Hall–Kier alpha value is -1.35. The van der Waals surface area contributed by atoms with Crippen LogP contribution in [0, 0.1) is 5.92 Å². The van der Waals surface area contributed by atoms with Gasteiger partial charge < -0.3 is 5.21 Å². The van der Waals surface area contributed by atoms with Crippen molar-refractivity contribution < 1.29 is 5.21 Å². The molecule has 1 aliphatic rings. The van der Waals surface area contributed by atoms with Crippen LogP contribution < -0.4 is 0 Å². The van der Waals surface area contributed by atoms with Gasteiger partial charge in [-0.1, -0.05) is 55.3 Å². The van der Waals surface area contributed by atoms with Crippen LogP contribution in [-0.4, -0.2) is 28.9 Å². The Morgan fingerprint density at radius 1 is 1.35 bits per heavy atom. The average molecular weight is 274 g/mol. The summed E-state index contributed by atoms with van der Waals surface area (Å²) >= 11 is 0. The minimum atomic E-state index is 0.417. The molecule has 2 unspecified atom stereocenters. The lowest BCUT2D eigenvalue weighted by molar-refractivity contribution is 0.174. The Labute approximate surface area is 122 Å². The van der Waals surface area contributed by atoms with Gasteiger partial charge in [0.1, 0.15) is 0 Å². The highest BCUT2D eigenvalue weighted by atomic mass is 16.4. The Bertz CT molecular complexity index is 430. The number of nitrogens with zero attached hydrogens (tertiary/aromatic N) is 2. The molecular weight excluding hydrogens is 248 g/mol. The van der Waals surface area contributed by atoms with Gasteiger partial charge in [-0.05, 0) is 18.9 Å². The maximum atomic E-state index is 9.17. The molecule has 3 nitrogen and oxygen atoms in total. The smallest absolute Gasteiger partial charge is 0.0627 e. The fourth-order valence-electron chi connectivity index (χ4n) is 3.08. The molecule has 0 amide bonds. The first-order valence-electron chi connectivity index (χ1n) is 7.76. The molecule has 2 rings (SSSR count). The van der Waals surface area contributed by atoms with Gasteiger partial charge in [-0.2, -0.15) is 0 Å². The van der Waals surface area contributed by atoms with E-state index in [1.165, 1.54) is 18.4 Å². The first kappa shape index (κ1) is 15.0. The van der Waals surface area contributed by atoms with Gasteiger partial charge in [-0.3, -0.25) is 4.90 Å². The largest absolute Gasteiger partial charge is 0.411 e. The van der Waals surface area contributed by atoms with Gasteiger partial charge in [0.05, 0.1) is 5.71 Å². The number of unbranched alkanes of at least 4 members (excludes halogenated alkanes) is 1. The predicted octanol–water partition coefficient (Wildman–Crippen LogP) is 4.09. The van der Waals surface area contributed by atoms with Gasteiger partial charge in [0.2, 0.25) is 0 Å². The summed E-state index contributed by atoms with van der Waals surface area (Å²) in [5.74, 6) is 0.417. The average Bonchev–Trinajstić information content (AvgIpc) is 2.52. The van der Waals surface area contributed by atoms with Crippen molar-refractivity contribution in [3.05, 3.63) is 35.9 Å². The number of piperidine rings is 1. The Kier molecular flexibility index (Phi) is 5.60. The van der Waals surface area contributed by atoms with Crippen LogP contribution in [0.15, 0.2) is 35.5 Å². The molecule has 1 aromatic rings. The SMILES string of the molecule is CCCCC1CN(C(C)c2ccccc2)CCC1=NO. The van der Waals surface area contributed by atoms with Crippen LogP contribution in [0.5, 0.6) is 0 Å². The van der Waals surface area contributed by atoms with E-state index < -0.39 is 0 Å². The molecule has 0 radical (unpaired) electrons. The van der Waals surface area contributed by atoms with Crippen LogP contribution in [0.25, 0.3) is 0 Å². The van der Waals surface area contributed by atoms with Crippen molar-refractivity contribution in [3.63, 3.8) is 0 Å². The lowest BCUT2D eigenvalue weighted by atomic mass is 9.89. The third kappa shape index (κ3) is 3.60. The molecule has 20 heavy (non-hydrogen) atoms. The summed E-state index contributed by atoms with van der Waals surface area (Å²) < 4.78 is 0. The van der Waals surface area contributed by atoms with Crippen molar-refractivity contribution in [2.45, 2.75) is 45.6 Å². The molecule has 1 aromatic carbocycles. The highest BCUT2D eigenvalue weighted by Crippen LogP contribution is 2.27. The van der Waals surface area contributed by atoms with Gasteiger partial charge >= 0.3 is 0 Å². The number of likely N-dealkylation sites (tertiary alicyclic amines) is 1. The van der Waals surface area contributed by atoms with Crippen molar-refractivity contribution in [3.8, 4) is 0 Å². The van der Waals surface area contributed by atoms with E-state index in [9.17, 15) is 5.21 Å². The third-order valence-electron chi connectivity index (χ3n) is 4.45. The second-order valence-electron chi connectivity index (χ2n) is 5.76. The Balaban J connectivity index is 2.03. The van der Waals surface area contributed by atoms with Crippen molar-refractivity contribution >= 4 is 5.71 Å². The number of oxime groups is 1. The quantitative estimate of drug-likeness (QED) is 0.648. The van der Waals surface area contributed by atoms with E-state index in [1.54, 1.807) is 0 Å². The number of benzene rings is 1. The maximum Gasteiger partial charge on any atom is 0.0627 e. The van der Waals surface area contributed by atoms with Gasteiger partial charge in [0, 0.05) is 31.5 Å². The molecule has 2 atom stereocenters. The van der Waals surface area contributed by atoms with Crippen molar-refractivity contribution in [1.82, 2.24) is 4.90 Å². The number of hydrogen-bond donors (Lipinski definition) is 1. The summed E-state index contributed by atoms with van der Waals surface area (Å²) in [6.07, 6.45) is 4.43. The molecule has 0 aromatic heterocycles. The summed E-state index contributed by atoms with van der Waals surface area (Å²) in [6, 6.07) is 11.1. The van der Waals surface area contributed by atoms with E-state index in [0.717, 1.165) is 31.6 Å². The van der Waals surface area contributed by atoms with Crippen LogP contribution in [-0.2, 0) is 0 Å². The molecule has 0 spiro atoms. The monoisotopic (exact) mass is 274 g/mol. The molecule has 3 heteroatoms. The zero-order valence-corrected chi connectivity index (χ0v) is 12.6. The molecule has 0 aliphatic carbocycles. The third-order valence-corrected chi connectivity index (χ3v) is 4.45. The standard InChI is InChI=1S/C17H26N2O/c1-3-4-8-16-13-19(12-11-17(16)18-20)14(2)15-9-6-5-7-10-15/h5-7,9-10,14,16,20H,3-4,8,11-13H2,1-2H3. The second-order valence-corrected chi connectivity index (χ2v) is 5.76.